The van der Waals surface area contributed by atoms with Crippen molar-refractivity contribution in [1.29, 1.82) is 0 Å². The number of methoxy groups -OCH3 is 1. The van der Waals surface area contributed by atoms with Crippen molar-refractivity contribution in [2.24, 2.45) is 5.92 Å². The van der Waals surface area contributed by atoms with Crippen LogP contribution < -0.4 is 4.74 Å². The largest absolute Gasteiger partial charge is 0.497 e. The molecule has 0 amide bonds. The second-order valence-corrected chi connectivity index (χ2v) is 4.92. The van der Waals surface area contributed by atoms with Gasteiger partial charge in [0, 0.05) is 23.4 Å². The molecule has 2 rings (SSSR count). The topological polar surface area (TPSA) is 32.7 Å². The van der Waals surface area contributed by atoms with E-state index in [1.807, 2.05) is 0 Å². The first-order valence-electron chi connectivity index (χ1n) is 10.4. The number of nitrogens with zero attached hydrogens (tertiary/aromatic N) is 1. The van der Waals surface area contributed by atoms with Crippen LogP contribution in [0.2, 0.25) is 0 Å². The lowest BCUT2D eigenvalue weighted by Crippen LogP contribution is -2.43. The van der Waals surface area contributed by atoms with Crippen molar-refractivity contribution in [3.8, 4) is 5.75 Å². The first-order valence-corrected chi connectivity index (χ1v) is 6.42. The van der Waals surface area contributed by atoms with Crippen molar-refractivity contribution >= 4 is 0 Å². The molecule has 0 saturated heterocycles. The predicted molar refractivity (Wildman–Crippen MR) is 77.4 cm³/mol. The van der Waals surface area contributed by atoms with Gasteiger partial charge in [-0.25, -0.2) is 0 Å². The number of rotatable bonds is 4. The van der Waals surface area contributed by atoms with Crippen LogP contribution in [0.15, 0.2) is 24.3 Å². The highest BCUT2D eigenvalue weighted by Gasteiger charge is 2.40. The van der Waals surface area contributed by atoms with Crippen LogP contribution in [0.5, 0.6) is 5.75 Å². The van der Waals surface area contributed by atoms with Crippen LogP contribution in [0, 0.1) is 5.92 Å². The summed E-state index contributed by atoms with van der Waals surface area (Å²) in [5, 5.41) is 11.4. The molecule has 1 aromatic rings. The summed E-state index contributed by atoms with van der Waals surface area (Å²) in [6.07, 6.45) is 1.53. The molecule has 0 bridgehead atoms. The van der Waals surface area contributed by atoms with Gasteiger partial charge in [-0.05, 0) is 44.5 Å². The van der Waals surface area contributed by atoms with Crippen LogP contribution >= 0.6 is 0 Å². The van der Waals surface area contributed by atoms with Gasteiger partial charge in [-0.15, -0.1) is 0 Å². The van der Waals surface area contributed by atoms with Crippen LogP contribution in [0.1, 0.15) is 42.2 Å². The SMILES string of the molecule is [2H]C([2H])([2H])N(C([2H])([2H])[2H])C([2H])([2H])[C@@H]1CCCC[C@@]1(O)c1cccc(OC)c1. The molecule has 0 spiro atoms. The van der Waals surface area contributed by atoms with E-state index in [0.29, 0.717) is 24.2 Å². The van der Waals surface area contributed by atoms with Crippen molar-refractivity contribution in [3.05, 3.63) is 29.8 Å². The monoisotopic (exact) mass is 271 g/mol. The Morgan fingerprint density at radius 1 is 1.53 bits per heavy atom. The first-order chi connectivity index (χ1) is 12.2. The Morgan fingerprint density at radius 2 is 2.37 bits per heavy atom. The Labute approximate surface area is 127 Å². The molecule has 1 fully saturated rings. The van der Waals surface area contributed by atoms with Crippen LogP contribution in [-0.4, -0.2) is 37.6 Å². The first kappa shape index (κ1) is 7.09. The molecule has 3 heteroatoms. The lowest BCUT2D eigenvalue weighted by atomic mass is 9.71. The molecule has 19 heavy (non-hydrogen) atoms. The van der Waals surface area contributed by atoms with Crippen molar-refractivity contribution < 1.29 is 20.8 Å². The van der Waals surface area contributed by atoms with E-state index < -0.39 is 32.0 Å². The maximum absolute atomic E-state index is 11.4. The van der Waals surface area contributed by atoms with Crippen molar-refractivity contribution in [2.45, 2.75) is 31.3 Å². The van der Waals surface area contributed by atoms with Gasteiger partial charge in [0.1, 0.15) is 5.75 Å². The van der Waals surface area contributed by atoms with Crippen LogP contribution in [-0.2, 0) is 5.60 Å². The minimum atomic E-state index is -3.19. The highest BCUT2D eigenvalue weighted by molar-refractivity contribution is 5.33. The Bertz CT molecular complexity index is 647. The number of hydrogen-bond donors (Lipinski definition) is 1. The number of aliphatic hydroxyl groups is 1. The molecule has 0 aromatic heterocycles. The zero-order valence-corrected chi connectivity index (χ0v) is 11.0. The molecule has 3 nitrogen and oxygen atoms in total. The second-order valence-electron chi connectivity index (χ2n) is 4.92. The van der Waals surface area contributed by atoms with Gasteiger partial charge >= 0.3 is 0 Å². The zero-order valence-electron chi connectivity index (χ0n) is 19.0. The minimum Gasteiger partial charge on any atom is -0.497 e. The molecule has 106 valence electrons. The summed E-state index contributed by atoms with van der Waals surface area (Å²) in [7, 11) is 1.46. The Morgan fingerprint density at radius 3 is 3.11 bits per heavy atom. The Hall–Kier alpha value is -1.06. The summed E-state index contributed by atoms with van der Waals surface area (Å²) in [6, 6.07) is 6.52. The smallest absolute Gasteiger partial charge is 0.119 e. The Kier molecular flexibility index (Phi) is 2.21. The van der Waals surface area contributed by atoms with E-state index in [4.69, 9.17) is 15.7 Å². The maximum atomic E-state index is 11.4. The highest BCUT2D eigenvalue weighted by atomic mass is 16.5. The molecule has 0 heterocycles. The van der Waals surface area contributed by atoms with E-state index in [2.05, 4.69) is 0 Å². The molecule has 0 radical (unpaired) electrons. The van der Waals surface area contributed by atoms with Gasteiger partial charge in [0.25, 0.3) is 0 Å². The van der Waals surface area contributed by atoms with Gasteiger partial charge in [-0.1, -0.05) is 25.0 Å². The van der Waals surface area contributed by atoms with E-state index >= 15 is 0 Å². The quantitative estimate of drug-likeness (QED) is 0.914. The van der Waals surface area contributed by atoms with Gasteiger partial charge < -0.3 is 14.7 Å². The normalized spacial score (nSPS) is 35.8. The molecule has 1 aliphatic rings. The minimum absolute atomic E-state index is 0.0614. The molecule has 2 atom stereocenters. The summed E-state index contributed by atoms with van der Waals surface area (Å²) >= 11 is 0. The van der Waals surface area contributed by atoms with Gasteiger partial charge in [0.05, 0.1) is 12.7 Å². The molecule has 1 N–H and O–H groups in total. The lowest BCUT2D eigenvalue weighted by molar-refractivity contribution is -0.0619. The van der Waals surface area contributed by atoms with E-state index in [-0.39, 0.29) is 17.7 Å². The fourth-order valence-corrected chi connectivity index (χ4v) is 2.72. The summed E-state index contributed by atoms with van der Waals surface area (Å²) in [4.78, 5) is -0.0614. The summed E-state index contributed by atoms with van der Waals surface area (Å²) < 4.78 is 67.6. The highest BCUT2D eigenvalue weighted by Crippen LogP contribution is 2.42. The van der Waals surface area contributed by atoms with Gasteiger partial charge in [0.15, 0.2) is 0 Å². The van der Waals surface area contributed by atoms with Gasteiger partial charge in [-0.2, -0.15) is 0 Å². The van der Waals surface area contributed by atoms with Crippen molar-refractivity contribution in [3.63, 3.8) is 0 Å². The molecule has 1 aliphatic carbocycles. The average molecular weight is 271 g/mol. The zero-order chi connectivity index (χ0) is 20.7. The van der Waals surface area contributed by atoms with E-state index in [1.165, 1.54) is 7.11 Å². The van der Waals surface area contributed by atoms with Crippen LogP contribution in [0.4, 0.5) is 0 Å². The van der Waals surface area contributed by atoms with Crippen molar-refractivity contribution in [1.82, 2.24) is 4.90 Å². The Balaban J connectivity index is 2.57. The van der Waals surface area contributed by atoms with E-state index in [0.717, 1.165) is 0 Å². The molecule has 1 aromatic carbocycles. The summed E-state index contributed by atoms with van der Waals surface area (Å²) in [5.41, 5.74) is -1.34. The number of benzene rings is 1. The second kappa shape index (κ2) is 5.93. The van der Waals surface area contributed by atoms with E-state index in [9.17, 15) is 5.11 Å². The third-order valence-corrected chi connectivity index (χ3v) is 3.73. The van der Waals surface area contributed by atoms with Gasteiger partial charge in [0.2, 0.25) is 0 Å². The fourth-order valence-electron chi connectivity index (χ4n) is 2.72. The predicted octanol–water partition coefficient (Wildman–Crippen LogP) is 2.63. The van der Waals surface area contributed by atoms with Crippen LogP contribution in [0.25, 0.3) is 0 Å². The summed E-state index contributed by atoms with van der Waals surface area (Å²) in [5.74, 6) is -0.777. The summed E-state index contributed by atoms with van der Waals surface area (Å²) in [6.45, 7) is -9.18. The van der Waals surface area contributed by atoms with Gasteiger partial charge in [-0.3, -0.25) is 0 Å². The number of ether oxygens (including phenoxy) is 1. The fraction of sp³-hybridized carbons (Fsp3) is 0.625. The maximum Gasteiger partial charge on any atom is 0.119 e. The molecular formula is C16H25NO2. The molecule has 0 unspecified atom stereocenters. The third kappa shape index (κ3) is 3.10. The molecule has 0 aliphatic heterocycles. The lowest BCUT2D eigenvalue weighted by Gasteiger charge is -2.41. The third-order valence-electron chi connectivity index (χ3n) is 3.73. The van der Waals surface area contributed by atoms with Crippen molar-refractivity contribution in [2.75, 3.05) is 27.6 Å². The molecule has 1 saturated carbocycles. The number of hydrogen-bond acceptors (Lipinski definition) is 3. The average Bonchev–Trinajstić information content (AvgIpc) is 2.51. The van der Waals surface area contributed by atoms with Crippen LogP contribution in [0.3, 0.4) is 0 Å². The van der Waals surface area contributed by atoms with E-state index in [1.54, 1.807) is 24.3 Å². The standard InChI is InChI=1S/C16H25NO2/c1-17(2)12-14-7-4-5-10-16(14,18)13-8-6-9-15(11-13)19-3/h6,8-9,11,14,18H,4-5,7,10,12H2,1-3H3/t14-,16+/m0/s1/i1D3,2D3,12D2. The molecular weight excluding hydrogens is 238 g/mol.